The molecule has 0 N–H and O–H groups in total. The van der Waals surface area contributed by atoms with Crippen LogP contribution in [-0.2, 0) is 22.6 Å². The molecule has 1 unspecified atom stereocenters. The maximum Gasteiger partial charge on any atom is 0.251 e. The van der Waals surface area contributed by atoms with Crippen molar-refractivity contribution in [3.8, 4) is 5.75 Å². The minimum Gasteiger partial charge on any atom is -0.495 e. The van der Waals surface area contributed by atoms with Crippen molar-refractivity contribution in [3.63, 3.8) is 0 Å². The number of carbonyl (C=O) groups excluding carboxylic acids is 2. The highest BCUT2D eigenvalue weighted by Crippen LogP contribution is 2.34. The molecular weight excluding hydrogens is 316 g/mol. The summed E-state index contributed by atoms with van der Waals surface area (Å²) in [6.07, 6.45) is 1.13. The van der Waals surface area contributed by atoms with Gasteiger partial charge in [-0.2, -0.15) is 0 Å². The molecule has 0 radical (unpaired) electrons. The number of amides is 2. The fourth-order valence-corrected chi connectivity index (χ4v) is 3.75. The van der Waals surface area contributed by atoms with Gasteiger partial charge in [0.2, 0.25) is 5.91 Å². The Morgan fingerprint density at radius 2 is 1.72 bits per heavy atom. The third-order valence-corrected chi connectivity index (χ3v) is 5.05. The van der Waals surface area contributed by atoms with Gasteiger partial charge in [0.25, 0.3) is 5.91 Å². The summed E-state index contributed by atoms with van der Waals surface area (Å²) in [5.74, 6) is 0.209. The molecule has 4 rings (SSSR count). The molecule has 2 amide bonds. The van der Waals surface area contributed by atoms with Gasteiger partial charge in [-0.25, -0.2) is 4.90 Å². The smallest absolute Gasteiger partial charge is 0.251 e. The van der Waals surface area contributed by atoms with Gasteiger partial charge in [0.15, 0.2) is 0 Å². The number of fused-ring (bicyclic) bond motifs is 1. The molecule has 2 aromatic rings. The van der Waals surface area contributed by atoms with Crippen LogP contribution in [0.3, 0.4) is 0 Å². The van der Waals surface area contributed by atoms with Crippen LogP contribution in [0.1, 0.15) is 17.5 Å². The number of hydrogen-bond acceptors (Lipinski definition) is 4. The monoisotopic (exact) mass is 336 g/mol. The van der Waals surface area contributed by atoms with Gasteiger partial charge in [-0.15, -0.1) is 0 Å². The number of benzene rings is 2. The van der Waals surface area contributed by atoms with Crippen molar-refractivity contribution in [2.75, 3.05) is 18.6 Å². The van der Waals surface area contributed by atoms with Crippen molar-refractivity contribution in [1.82, 2.24) is 4.90 Å². The molecular formula is C20H20N2O3. The van der Waals surface area contributed by atoms with Gasteiger partial charge < -0.3 is 4.74 Å². The van der Waals surface area contributed by atoms with E-state index >= 15 is 0 Å². The molecule has 5 nitrogen and oxygen atoms in total. The first kappa shape index (κ1) is 15.8. The molecule has 0 bridgehead atoms. The van der Waals surface area contributed by atoms with Crippen LogP contribution in [0.4, 0.5) is 5.69 Å². The Balaban J connectivity index is 1.60. The summed E-state index contributed by atoms with van der Waals surface area (Å²) in [7, 11) is 1.54. The number of rotatable bonds is 3. The molecule has 1 atom stereocenters. The number of methoxy groups -OCH3 is 1. The Hall–Kier alpha value is -2.66. The van der Waals surface area contributed by atoms with E-state index in [1.807, 2.05) is 24.3 Å². The number of carbonyl (C=O) groups is 2. The number of para-hydroxylation sites is 2. The predicted octanol–water partition coefficient (Wildman–Crippen LogP) is 2.39. The Morgan fingerprint density at radius 1 is 1.00 bits per heavy atom. The summed E-state index contributed by atoms with van der Waals surface area (Å²) in [6.45, 7) is 1.50. The van der Waals surface area contributed by atoms with Crippen LogP contribution in [0.15, 0.2) is 48.5 Å². The van der Waals surface area contributed by atoms with Crippen molar-refractivity contribution in [1.29, 1.82) is 0 Å². The van der Waals surface area contributed by atoms with Gasteiger partial charge in [-0.3, -0.25) is 14.5 Å². The minimum atomic E-state index is -0.397. The zero-order chi connectivity index (χ0) is 17.4. The quantitative estimate of drug-likeness (QED) is 0.808. The van der Waals surface area contributed by atoms with Crippen LogP contribution in [0.5, 0.6) is 5.75 Å². The molecule has 128 valence electrons. The molecule has 2 aliphatic rings. The van der Waals surface area contributed by atoms with E-state index in [1.54, 1.807) is 19.2 Å². The third-order valence-electron chi connectivity index (χ3n) is 5.05. The van der Waals surface area contributed by atoms with Gasteiger partial charge >= 0.3 is 0 Å². The third kappa shape index (κ3) is 2.70. The Morgan fingerprint density at radius 3 is 2.52 bits per heavy atom. The zero-order valence-electron chi connectivity index (χ0n) is 14.1. The van der Waals surface area contributed by atoms with Crippen molar-refractivity contribution >= 4 is 17.5 Å². The number of nitrogens with zero attached hydrogens (tertiary/aromatic N) is 2. The lowest BCUT2D eigenvalue weighted by Gasteiger charge is -2.32. The highest BCUT2D eigenvalue weighted by Gasteiger charge is 2.44. The molecule has 2 aromatic carbocycles. The van der Waals surface area contributed by atoms with E-state index in [0.29, 0.717) is 18.0 Å². The van der Waals surface area contributed by atoms with E-state index in [0.717, 1.165) is 13.0 Å². The van der Waals surface area contributed by atoms with E-state index in [4.69, 9.17) is 4.74 Å². The lowest BCUT2D eigenvalue weighted by molar-refractivity contribution is -0.123. The highest BCUT2D eigenvalue weighted by molar-refractivity contribution is 6.23. The minimum absolute atomic E-state index is 0.158. The summed E-state index contributed by atoms with van der Waals surface area (Å²) >= 11 is 0. The SMILES string of the molecule is COc1ccccc1N1C(=O)CC(N2CCc3ccccc3C2)C1=O. The summed E-state index contributed by atoms with van der Waals surface area (Å²) in [4.78, 5) is 29.0. The topological polar surface area (TPSA) is 49.9 Å². The standard InChI is InChI=1S/C20H20N2O3/c1-25-18-9-5-4-8-16(18)22-19(23)12-17(20(22)24)21-11-10-14-6-2-3-7-15(14)13-21/h2-9,17H,10-13H2,1H3. The van der Waals surface area contributed by atoms with Crippen LogP contribution >= 0.6 is 0 Å². The Labute approximate surface area is 146 Å². The summed E-state index contributed by atoms with van der Waals surface area (Å²) in [5, 5.41) is 0. The number of hydrogen-bond donors (Lipinski definition) is 0. The molecule has 0 aliphatic carbocycles. The van der Waals surface area contributed by atoms with E-state index in [-0.39, 0.29) is 18.2 Å². The molecule has 2 aliphatic heterocycles. The number of ether oxygens (including phenoxy) is 1. The molecule has 0 saturated carbocycles. The first-order valence-corrected chi connectivity index (χ1v) is 8.49. The summed E-state index contributed by atoms with van der Waals surface area (Å²) < 4.78 is 5.32. The van der Waals surface area contributed by atoms with Crippen LogP contribution in [0.2, 0.25) is 0 Å². The van der Waals surface area contributed by atoms with Crippen molar-refractivity contribution in [2.45, 2.75) is 25.4 Å². The second-order valence-electron chi connectivity index (χ2n) is 6.45. The average molecular weight is 336 g/mol. The summed E-state index contributed by atoms with van der Waals surface area (Å²) in [5.41, 5.74) is 3.10. The molecule has 0 spiro atoms. The fraction of sp³-hybridized carbons (Fsp3) is 0.300. The maximum atomic E-state index is 13.0. The number of imide groups is 1. The van der Waals surface area contributed by atoms with E-state index in [2.05, 4.69) is 17.0 Å². The van der Waals surface area contributed by atoms with Crippen molar-refractivity contribution in [2.24, 2.45) is 0 Å². The maximum absolute atomic E-state index is 13.0. The van der Waals surface area contributed by atoms with Gasteiger partial charge in [0.05, 0.1) is 25.3 Å². The molecule has 2 heterocycles. The average Bonchev–Trinajstić information content (AvgIpc) is 2.95. The Kier molecular flexibility index (Phi) is 4.01. The van der Waals surface area contributed by atoms with Crippen molar-refractivity contribution < 1.29 is 14.3 Å². The molecule has 5 heteroatoms. The van der Waals surface area contributed by atoms with Crippen LogP contribution in [0.25, 0.3) is 0 Å². The second kappa shape index (κ2) is 6.33. The van der Waals surface area contributed by atoms with Crippen LogP contribution < -0.4 is 9.64 Å². The van der Waals surface area contributed by atoms with Gasteiger partial charge in [-0.05, 0) is 29.7 Å². The zero-order valence-corrected chi connectivity index (χ0v) is 14.1. The van der Waals surface area contributed by atoms with E-state index in [9.17, 15) is 9.59 Å². The Bertz CT molecular complexity index is 833. The molecule has 0 aromatic heterocycles. The first-order chi connectivity index (χ1) is 12.2. The summed E-state index contributed by atoms with van der Waals surface area (Å²) in [6, 6.07) is 15.0. The lowest BCUT2D eigenvalue weighted by Crippen LogP contribution is -2.44. The van der Waals surface area contributed by atoms with Gasteiger partial charge in [-0.1, -0.05) is 36.4 Å². The fourth-order valence-electron chi connectivity index (χ4n) is 3.75. The van der Waals surface area contributed by atoms with Crippen LogP contribution in [-0.4, -0.2) is 36.4 Å². The largest absolute Gasteiger partial charge is 0.495 e. The first-order valence-electron chi connectivity index (χ1n) is 8.49. The number of anilines is 1. The normalized spacial score (nSPS) is 20.7. The van der Waals surface area contributed by atoms with E-state index in [1.165, 1.54) is 16.0 Å². The van der Waals surface area contributed by atoms with Gasteiger partial charge in [0.1, 0.15) is 5.75 Å². The van der Waals surface area contributed by atoms with Crippen LogP contribution in [0, 0.1) is 0 Å². The molecule has 25 heavy (non-hydrogen) atoms. The highest BCUT2D eigenvalue weighted by atomic mass is 16.5. The van der Waals surface area contributed by atoms with E-state index < -0.39 is 6.04 Å². The molecule has 1 fully saturated rings. The van der Waals surface area contributed by atoms with Crippen molar-refractivity contribution in [3.05, 3.63) is 59.7 Å². The predicted molar refractivity (Wildman–Crippen MR) is 94.4 cm³/mol. The van der Waals surface area contributed by atoms with Gasteiger partial charge in [0, 0.05) is 13.1 Å². The molecule has 1 saturated heterocycles. The lowest BCUT2D eigenvalue weighted by atomic mass is 9.98. The second-order valence-corrected chi connectivity index (χ2v) is 6.45.